The van der Waals surface area contributed by atoms with Gasteiger partial charge in [0.15, 0.2) is 0 Å². The van der Waals surface area contributed by atoms with Crippen LogP contribution in [0.15, 0.2) is 28.4 Å². The molecule has 3 nitrogen and oxygen atoms in total. The molecule has 0 aromatic heterocycles. The van der Waals surface area contributed by atoms with Crippen molar-refractivity contribution in [2.75, 3.05) is 0 Å². The quantitative estimate of drug-likeness (QED) is 0.797. The smallest absolute Gasteiger partial charge is 0.135 e. The van der Waals surface area contributed by atoms with E-state index < -0.39 is 22.7 Å². The predicted octanol–water partition coefficient (Wildman–Crippen LogP) is 5.12. The van der Waals surface area contributed by atoms with E-state index in [0.717, 1.165) is 25.0 Å². The number of fused-ring (bicyclic) bond motifs is 1. The van der Waals surface area contributed by atoms with Crippen LogP contribution in [0.1, 0.15) is 65.9 Å². The molecule has 0 saturated heterocycles. The van der Waals surface area contributed by atoms with Gasteiger partial charge in [-0.05, 0) is 44.7 Å². The van der Waals surface area contributed by atoms with Crippen molar-refractivity contribution in [2.45, 2.75) is 65.9 Å². The highest BCUT2D eigenvalue weighted by atomic mass is 19.1. The summed E-state index contributed by atoms with van der Waals surface area (Å²) in [6.07, 6.45) is 3.07. The highest BCUT2D eigenvalue weighted by Gasteiger charge is 2.57. The molecule has 0 amide bonds. The third kappa shape index (κ3) is 2.72. The first-order valence-electron chi connectivity index (χ1n) is 9.35. The van der Waals surface area contributed by atoms with Gasteiger partial charge in [0.1, 0.15) is 11.6 Å². The molecule has 2 unspecified atom stereocenters. The normalized spacial score (nSPS) is 29.3. The lowest BCUT2D eigenvalue weighted by Crippen LogP contribution is -2.58. The average Bonchev–Trinajstić information content (AvgIpc) is 2.53. The molecule has 0 radical (unpaired) electrons. The zero-order valence-electron chi connectivity index (χ0n) is 16.2. The molecule has 2 aliphatic rings. The molecule has 2 atom stereocenters. The van der Waals surface area contributed by atoms with E-state index >= 15 is 0 Å². The van der Waals surface area contributed by atoms with Crippen molar-refractivity contribution in [1.29, 1.82) is 0 Å². The van der Waals surface area contributed by atoms with Gasteiger partial charge in [-0.1, -0.05) is 33.3 Å². The molecule has 142 valence electrons. The number of benzene rings is 1. The molecule has 1 aromatic carbocycles. The monoisotopic (exact) mass is 362 g/mol. The maximum Gasteiger partial charge on any atom is 0.135 e. The van der Waals surface area contributed by atoms with E-state index in [4.69, 9.17) is 0 Å². The zero-order chi connectivity index (χ0) is 19.3. The maximum atomic E-state index is 14.3. The summed E-state index contributed by atoms with van der Waals surface area (Å²) < 4.78 is 28.6. The molecule has 1 aliphatic carbocycles. The zero-order valence-corrected chi connectivity index (χ0v) is 16.2. The first-order chi connectivity index (χ1) is 12.0. The van der Waals surface area contributed by atoms with Crippen molar-refractivity contribution >= 4 is 11.4 Å². The summed E-state index contributed by atoms with van der Waals surface area (Å²) in [5.74, 6) is -1.01. The second kappa shape index (κ2) is 6.22. The van der Waals surface area contributed by atoms with E-state index in [-0.39, 0.29) is 16.9 Å². The lowest BCUT2D eigenvalue weighted by Gasteiger charge is -2.55. The summed E-state index contributed by atoms with van der Waals surface area (Å²) in [4.78, 5) is 0. The van der Waals surface area contributed by atoms with Crippen LogP contribution < -0.4 is 0 Å². The van der Waals surface area contributed by atoms with Gasteiger partial charge in [-0.3, -0.25) is 0 Å². The van der Waals surface area contributed by atoms with Gasteiger partial charge in [-0.15, -0.1) is 0 Å². The summed E-state index contributed by atoms with van der Waals surface area (Å²) in [5, 5.41) is 19.6. The van der Waals surface area contributed by atoms with E-state index in [1.807, 2.05) is 20.8 Å². The van der Waals surface area contributed by atoms with Gasteiger partial charge in [0.2, 0.25) is 0 Å². The van der Waals surface area contributed by atoms with Crippen LogP contribution in [0.2, 0.25) is 0 Å². The standard InChI is InChI=1S/C21H28F2N2O/c1-13(2)21-11-7-10-20(5,19(3,4)26)18(21)25-24-16(12-21)17-14(22)8-6-9-15(17)23/h6,8-9,13,26H,7,10-12H2,1-5H3. The average molecular weight is 362 g/mol. The van der Waals surface area contributed by atoms with Gasteiger partial charge in [0, 0.05) is 17.3 Å². The minimum Gasteiger partial charge on any atom is -0.390 e. The largest absolute Gasteiger partial charge is 0.390 e. The molecule has 5 heteroatoms. The third-order valence-corrected chi connectivity index (χ3v) is 6.75. The number of rotatable bonds is 3. The highest BCUT2D eigenvalue weighted by molar-refractivity contribution is 6.09. The topological polar surface area (TPSA) is 45.0 Å². The predicted molar refractivity (Wildman–Crippen MR) is 100 cm³/mol. The molecule has 1 saturated carbocycles. The van der Waals surface area contributed by atoms with Crippen molar-refractivity contribution in [2.24, 2.45) is 27.0 Å². The summed E-state index contributed by atoms with van der Waals surface area (Å²) >= 11 is 0. The van der Waals surface area contributed by atoms with Crippen LogP contribution >= 0.6 is 0 Å². The van der Waals surface area contributed by atoms with Crippen LogP contribution in [-0.2, 0) is 0 Å². The fraction of sp³-hybridized carbons (Fsp3) is 0.619. The Bertz CT molecular complexity index is 758. The van der Waals surface area contributed by atoms with Gasteiger partial charge < -0.3 is 5.11 Å². The van der Waals surface area contributed by atoms with Crippen LogP contribution in [-0.4, -0.2) is 22.1 Å². The van der Waals surface area contributed by atoms with Gasteiger partial charge in [-0.25, -0.2) is 8.78 Å². The first-order valence-corrected chi connectivity index (χ1v) is 9.35. The molecule has 26 heavy (non-hydrogen) atoms. The Hall–Kier alpha value is -1.62. The first kappa shape index (κ1) is 19.2. The summed E-state index contributed by atoms with van der Waals surface area (Å²) in [6, 6.07) is 3.87. The Morgan fingerprint density at radius 1 is 1.12 bits per heavy atom. The van der Waals surface area contributed by atoms with Gasteiger partial charge in [-0.2, -0.15) is 10.2 Å². The SMILES string of the molecule is CC(C)C12CCCC(C)(C(C)(C)O)C1=NN=C(c1c(F)cccc1F)C2. The lowest BCUT2D eigenvalue weighted by molar-refractivity contribution is -0.0282. The fourth-order valence-electron chi connectivity index (χ4n) is 4.64. The third-order valence-electron chi connectivity index (χ3n) is 6.75. The molecular formula is C21H28F2N2O. The lowest BCUT2D eigenvalue weighted by atomic mass is 9.51. The van der Waals surface area contributed by atoms with Crippen LogP contribution in [0.5, 0.6) is 0 Å². The van der Waals surface area contributed by atoms with Crippen LogP contribution in [0.4, 0.5) is 8.78 Å². The van der Waals surface area contributed by atoms with Gasteiger partial charge in [0.05, 0.1) is 22.6 Å². The van der Waals surface area contributed by atoms with Crippen LogP contribution in [0, 0.1) is 28.4 Å². The highest BCUT2D eigenvalue weighted by Crippen LogP contribution is 2.55. The van der Waals surface area contributed by atoms with Gasteiger partial charge >= 0.3 is 0 Å². The van der Waals surface area contributed by atoms with Crippen molar-refractivity contribution in [3.8, 4) is 0 Å². The summed E-state index contributed by atoms with van der Waals surface area (Å²) in [7, 11) is 0. The minimum atomic E-state index is -0.956. The van der Waals surface area contributed by atoms with Crippen molar-refractivity contribution < 1.29 is 13.9 Å². The van der Waals surface area contributed by atoms with Gasteiger partial charge in [0.25, 0.3) is 0 Å². The molecule has 1 aromatic rings. The van der Waals surface area contributed by atoms with E-state index in [1.54, 1.807) is 0 Å². The number of halogens is 2. The second-order valence-corrected chi connectivity index (χ2v) is 8.82. The molecule has 1 aliphatic heterocycles. The number of nitrogens with zero attached hydrogens (tertiary/aromatic N) is 2. The van der Waals surface area contributed by atoms with Crippen LogP contribution in [0.3, 0.4) is 0 Å². The molecule has 0 spiro atoms. The van der Waals surface area contributed by atoms with Crippen molar-refractivity contribution in [3.05, 3.63) is 35.4 Å². The molecule has 1 fully saturated rings. The Labute approximate surface area is 154 Å². The van der Waals surface area contributed by atoms with E-state index in [1.165, 1.54) is 18.2 Å². The number of aliphatic hydroxyl groups is 1. The number of hydrogen-bond donors (Lipinski definition) is 1. The molecule has 3 rings (SSSR count). The minimum absolute atomic E-state index is 0.0779. The van der Waals surface area contributed by atoms with Crippen LogP contribution in [0.25, 0.3) is 0 Å². The Morgan fingerprint density at radius 2 is 1.73 bits per heavy atom. The molecule has 1 heterocycles. The molecular weight excluding hydrogens is 334 g/mol. The summed E-state index contributed by atoms with van der Waals surface area (Å²) in [5.41, 5.74) is -0.664. The Morgan fingerprint density at radius 3 is 2.27 bits per heavy atom. The number of hydrogen-bond acceptors (Lipinski definition) is 3. The van der Waals surface area contributed by atoms with E-state index in [9.17, 15) is 13.9 Å². The van der Waals surface area contributed by atoms with Crippen molar-refractivity contribution in [3.63, 3.8) is 0 Å². The van der Waals surface area contributed by atoms with E-state index in [2.05, 4.69) is 24.1 Å². The molecule has 1 N–H and O–H groups in total. The maximum absolute atomic E-state index is 14.3. The fourth-order valence-corrected chi connectivity index (χ4v) is 4.64. The van der Waals surface area contributed by atoms with E-state index in [0.29, 0.717) is 12.1 Å². The second-order valence-electron chi connectivity index (χ2n) is 8.82. The molecule has 0 bridgehead atoms. The Kier molecular flexibility index (Phi) is 4.58. The Balaban J connectivity index is 2.19. The summed E-state index contributed by atoms with van der Waals surface area (Å²) in [6.45, 7) is 9.88. The van der Waals surface area contributed by atoms with Crippen molar-refractivity contribution in [1.82, 2.24) is 0 Å².